The molecule has 0 aliphatic carbocycles. The van der Waals surface area contributed by atoms with E-state index in [4.69, 9.17) is 5.73 Å². The molecule has 0 amide bonds. The maximum Gasteiger partial charge on any atom is 0.235 e. The first-order chi connectivity index (χ1) is 8.04. The normalized spacial score (nSPS) is 15.1. The number of anilines is 1. The summed E-state index contributed by atoms with van der Waals surface area (Å²) >= 11 is 0. The largest absolute Gasteiger partial charge is 0.330 e. The highest BCUT2D eigenvalue weighted by atomic mass is 32.2. The Bertz CT molecular complexity index is 516. The molecule has 1 aromatic carbocycles. The van der Waals surface area contributed by atoms with Gasteiger partial charge in [0.25, 0.3) is 0 Å². The van der Waals surface area contributed by atoms with Crippen LogP contribution in [0.4, 0.5) is 10.1 Å². The Morgan fingerprint density at radius 3 is 2.88 bits per heavy atom. The highest BCUT2D eigenvalue weighted by molar-refractivity contribution is 7.92. The lowest BCUT2D eigenvalue weighted by Crippen LogP contribution is -2.32. The van der Waals surface area contributed by atoms with Gasteiger partial charge in [-0.1, -0.05) is 6.07 Å². The lowest BCUT2D eigenvalue weighted by atomic mass is 10.2. The standard InChI is InChI=1S/C11H15FN2O2S/c12-10-3-2-9-4-6-14(11(9)8-10)17(15,16)7-1-5-13/h2-3,8H,1,4-7,13H2. The first-order valence-corrected chi connectivity index (χ1v) is 7.14. The molecule has 1 aromatic rings. The fraction of sp³-hybridized carbons (Fsp3) is 0.455. The van der Waals surface area contributed by atoms with E-state index in [0.717, 1.165) is 5.56 Å². The molecule has 4 nitrogen and oxygen atoms in total. The predicted molar refractivity (Wildman–Crippen MR) is 64.9 cm³/mol. The van der Waals surface area contributed by atoms with Crippen LogP contribution in [0.3, 0.4) is 0 Å². The first kappa shape index (κ1) is 12.3. The van der Waals surface area contributed by atoms with Crippen LogP contribution in [-0.4, -0.2) is 27.3 Å². The Hall–Kier alpha value is -1.14. The number of halogens is 1. The van der Waals surface area contributed by atoms with Crippen molar-refractivity contribution in [3.8, 4) is 0 Å². The molecule has 1 aliphatic rings. The van der Waals surface area contributed by atoms with E-state index < -0.39 is 15.8 Å². The van der Waals surface area contributed by atoms with Crippen molar-refractivity contribution >= 4 is 15.7 Å². The molecule has 0 bridgehead atoms. The molecular formula is C11H15FN2O2S. The van der Waals surface area contributed by atoms with E-state index in [2.05, 4.69) is 0 Å². The van der Waals surface area contributed by atoms with E-state index in [-0.39, 0.29) is 5.75 Å². The van der Waals surface area contributed by atoms with Gasteiger partial charge in [0.15, 0.2) is 0 Å². The SMILES string of the molecule is NCCCS(=O)(=O)N1CCc2ccc(F)cc21. The Labute approximate surface area is 100 Å². The molecule has 94 valence electrons. The fourth-order valence-electron chi connectivity index (χ4n) is 1.99. The second-order valence-corrected chi connectivity index (χ2v) is 6.07. The zero-order valence-corrected chi connectivity index (χ0v) is 10.2. The van der Waals surface area contributed by atoms with Gasteiger partial charge >= 0.3 is 0 Å². The van der Waals surface area contributed by atoms with Crippen molar-refractivity contribution in [2.75, 3.05) is 23.1 Å². The molecule has 6 heteroatoms. The van der Waals surface area contributed by atoms with Gasteiger partial charge in [0.05, 0.1) is 11.4 Å². The van der Waals surface area contributed by atoms with Crippen molar-refractivity contribution in [3.63, 3.8) is 0 Å². The second kappa shape index (κ2) is 4.62. The number of nitrogens with zero attached hydrogens (tertiary/aromatic N) is 1. The van der Waals surface area contributed by atoms with Crippen LogP contribution in [0.1, 0.15) is 12.0 Å². The van der Waals surface area contributed by atoms with Gasteiger partial charge in [0.2, 0.25) is 10.0 Å². The molecule has 1 aliphatic heterocycles. The van der Waals surface area contributed by atoms with Crippen molar-refractivity contribution in [3.05, 3.63) is 29.6 Å². The van der Waals surface area contributed by atoms with Crippen LogP contribution in [-0.2, 0) is 16.4 Å². The van der Waals surface area contributed by atoms with Crippen LogP contribution in [0.25, 0.3) is 0 Å². The molecule has 1 heterocycles. The third-order valence-electron chi connectivity index (χ3n) is 2.84. The molecular weight excluding hydrogens is 243 g/mol. The Morgan fingerprint density at radius 2 is 2.18 bits per heavy atom. The molecule has 2 rings (SSSR count). The number of nitrogens with two attached hydrogens (primary N) is 1. The highest BCUT2D eigenvalue weighted by Gasteiger charge is 2.29. The molecule has 0 radical (unpaired) electrons. The summed E-state index contributed by atoms with van der Waals surface area (Å²) in [6, 6.07) is 4.28. The van der Waals surface area contributed by atoms with E-state index in [1.54, 1.807) is 6.07 Å². The number of sulfonamides is 1. The molecule has 0 fully saturated rings. The van der Waals surface area contributed by atoms with Crippen molar-refractivity contribution in [1.82, 2.24) is 0 Å². The molecule has 0 saturated carbocycles. The van der Waals surface area contributed by atoms with Gasteiger partial charge in [-0.2, -0.15) is 0 Å². The Balaban J connectivity index is 2.30. The lowest BCUT2D eigenvalue weighted by Gasteiger charge is -2.19. The van der Waals surface area contributed by atoms with Gasteiger partial charge in [-0.05, 0) is 37.1 Å². The Kier molecular flexibility index (Phi) is 3.35. The van der Waals surface area contributed by atoms with Gasteiger partial charge in [-0.15, -0.1) is 0 Å². The summed E-state index contributed by atoms with van der Waals surface area (Å²) in [6.07, 6.45) is 1.06. The van der Waals surface area contributed by atoms with Gasteiger partial charge in [-0.25, -0.2) is 12.8 Å². The van der Waals surface area contributed by atoms with Gasteiger partial charge in [-0.3, -0.25) is 4.31 Å². The molecule has 2 N–H and O–H groups in total. The number of fused-ring (bicyclic) bond motifs is 1. The van der Waals surface area contributed by atoms with Crippen LogP contribution < -0.4 is 10.0 Å². The topological polar surface area (TPSA) is 63.4 Å². The maximum absolute atomic E-state index is 13.1. The van der Waals surface area contributed by atoms with Crippen LogP contribution >= 0.6 is 0 Å². The predicted octanol–water partition coefficient (Wildman–Crippen LogP) is 0.867. The summed E-state index contributed by atoms with van der Waals surface area (Å²) in [4.78, 5) is 0. The summed E-state index contributed by atoms with van der Waals surface area (Å²) in [5, 5.41) is 0. The minimum absolute atomic E-state index is 0.0133. The number of rotatable bonds is 4. The quantitative estimate of drug-likeness (QED) is 0.871. The minimum atomic E-state index is -3.37. The average Bonchev–Trinajstić information content (AvgIpc) is 2.70. The van der Waals surface area contributed by atoms with E-state index in [1.807, 2.05) is 0 Å². The van der Waals surface area contributed by atoms with Crippen molar-refractivity contribution < 1.29 is 12.8 Å². The van der Waals surface area contributed by atoms with Gasteiger partial charge < -0.3 is 5.73 Å². The third-order valence-corrected chi connectivity index (χ3v) is 4.70. The monoisotopic (exact) mass is 258 g/mol. The summed E-state index contributed by atoms with van der Waals surface area (Å²) in [7, 11) is -3.37. The molecule has 0 spiro atoms. The van der Waals surface area contributed by atoms with E-state index in [9.17, 15) is 12.8 Å². The molecule has 0 atom stereocenters. The lowest BCUT2D eigenvalue weighted by molar-refractivity contribution is 0.589. The highest BCUT2D eigenvalue weighted by Crippen LogP contribution is 2.31. The smallest absolute Gasteiger partial charge is 0.235 e. The summed E-state index contributed by atoms with van der Waals surface area (Å²) in [5.74, 6) is -0.399. The van der Waals surface area contributed by atoms with Crippen LogP contribution in [0.5, 0.6) is 0 Å². The third kappa shape index (κ3) is 2.42. The first-order valence-electron chi connectivity index (χ1n) is 5.53. The minimum Gasteiger partial charge on any atom is -0.330 e. The molecule has 0 saturated heterocycles. The second-order valence-electron chi connectivity index (χ2n) is 4.05. The van der Waals surface area contributed by atoms with Crippen molar-refractivity contribution in [2.45, 2.75) is 12.8 Å². The molecule has 0 unspecified atom stereocenters. The van der Waals surface area contributed by atoms with E-state index >= 15 is 0 Å². The number of benzene rings is 1. The Morgan fingerprint density at radius 1 is 1.41 bits per heavy atom. The van der Waals surface area contributed by atoms with E-state index in [1.165, 1.54) is 16.4 Å². The van der Waals surface area contributed by atoms with Crippen molar-refractivity contribution in [2.24, 2.45) is 5.73 Å². The maximum atomic E-state index is 13.1. The van der Waals surface area contributed by atoms with Crippen LogP contribution in [0.15, 0.2) is 18.2 Å². The van der Waals surface area contributed by atoms with Crippen LogP contribution in [0, 0.1) is 5.82 Å². The number of hydrogen-bond donors (Lipinski definition) is 1. The summed E-state index contributed by atoms with van der Waals surface area (Å²) in [5.41, 5.74) is 6.66. The average molecular weight is 258 g/mol. The molecule has 17 heavy (non-hydrogen) atoms. The zero-order chi connectivity index (χ0) is 12.5. The summed E-state index contributed by atoms with van der Waals surface area (Å²) < 4.78 is 38.5. The fourth-order valence-corrected chi connectivity index (χ4v) is 3.58. The van der Waals surface area contributed by atoms with Crippen LogP contribution in [0.2, 0.25) is 0 Å². The van der Waals surface area contributed by atoms with Crippen molar-refractivity contribution in [1.29, 1.82) is 0 Å². The van der Waals surface area contributed by atoms with E-state index in [0.29, 0.717) is 31.6 Å². The zero-order valence-electron chi connectivity index (χ0n) is 9.39. The molecule has 0 aromatic heterocycles. The van der Waals surface area contributed by atoms with Gasteiger partial charge in [0.1, 0.15) is 5.82 Å². The number of hydrogen-bond acceptors (Lipinski definition) is 3. The van der Waals surface area contributed by atoms with Gasteiger partial charge in [0, 0.05) is 6.54 Å². The summed E-state index contributed by atoms with van der Waals surface area (Å²) in [6.45, 7) is 0.731.